The number of amides is 1. The number of carbonyl (C=O) groups excluding carboxylic acids is 1. The van der Waals surface area contributed by atoms with Gasteiger partial charge < -0.3 is 19.9 Å². The summed E-state index contributed by atoms with van der Waals surface area (Å²) in [5.41, 5.74) is -0.422. The average molecular weight is 297 g/mol. The zero-order valence-electron chi connectivity index (χ0n) is 14.0. The Morgan fingerprint density at radius 2 is 2.05 bits per heavy atom. The molecule has 1 amide bonds. The normalized spacial score (nSPS) is 28.5. The molecular formula is C16H31N3O2. The second-order valence-electron chi connectivity index (χ2n) is 7.26. The van der Waals surface area contributed by atoms with Crippen LogP contribution in [0.5, 0.6) is 0 Å². The summed E-state index contributed by atoms with van der Waals surface area (Å²) in [5.74, 6) is 0.801. The molecule has 3 atom stereocenters. The maximum absolute atomic E-state index is 12.1. The molecule has 21 heavy (non-hydrogen) atoms. The molecule has 5 heteroatoms. The van der Waals surface area contributed by atoms with Crippen LogP contribution in [0, 0.1) is 5.92 Å². The summed E-state index contributed by atoms with van der Waals surface area (Å²) < 4.78 is 5.43. The first-order valence-corrected chi connectivity index (χ1v) is 8.32. The maximum Gasteiger partial charge on any atom is 0.410 e. The van der Waals surface area contributed by atoms with Crippen molar-refractivity contribution in [2.24, 2.45) is 5.92 Å². The van der Waals surface area contributed by atoms with Crippen molar-refractivity contribution < 1.29 is 9.53 Å². The van der Waals surface area contributed by atoms with Crippen LogP contribution in [0.4, 0.5) is 4.79 Å². The van der Waals surface area contributed by atoms with Crippen molar-refractivity contribution in [3.05, 3.63) is 0 Å². The molecule has 1 N–H and O–H groups in total. The van der Waals surface area contributed by atoms with E-state index in [1.807, 2.05) is 27.7 Å². The van der Waals surface area contributed by atoms with Gasteiger partial charge in [-0.2, -0.15) is 0 Å². The molecule has 0 saturated carbocycles. The number of ether oxygens (including phenoxy) is 1. The number of piperidine rings is 1. The third-order valence-corrected chi connectivity index (χ3v) is 4.46. The number of carbonyl (C=O) groups is 1. The Morgan fingerprint density at radius 3 is 2.71 bits per heavy atom. The Balaban J connectivity index is 1.72. The van der Waals surface area contributed by atoms with Crippen molar-refractivity contribution in [3.63, 3.8) is 0 Å². The number of hydrogen-bond acceptors (Lipinski definition) is 4. The lowest BCUT2D eigenvalue weighted by Crippen LogP contribution is -2.47. The molecule has 0 aromatic rings. The van der Waals surface area contributed by atoms with E-state index in [-0.39, 0.29) is 6.09 Å². The molecule has 122 valence electrons. The van der Waals surface area contributed by atoms with E-state index in [0.29, 0.717) is 12.6 Å². The largest absolute Gasteiger partial charge is 0.444 e. The van der Waals surface area contributed by atoms with Gasteiger partial charge in [0.2, 0.25) is 0 Å². The molecular weight excluding hydrogens is 266 g/mol. The maximum atomic E-state index is 12.1. The van der Waals surface area contributed by atoms with Gasteiger partial charge in [0.25, 0.3) is 0 Å². The van der Waals surface area contributed by atoms with Crippen LogP contribution >= 0.6 is 0 Å². The third-order valence-electron chi connectivity index (χ3n) is 4.46. The summed E-state index contributed by atoms with van der Waals surface area (Å²) in [6.07, 6.45) is 2.35. The van der Waals surface area contributed by atoms with E-state index >= 15 is 0 Å². The predicted molar refractivity (Wildman–Crippen MR) is 84.4 cm³/mol. The summed E-state index contributed by atoms with van der Waals surface area (Å²) in [6, 6.07) is 0.626. The quantitative estimate of drug-likeness (QED) is 0.842. The van der Waals surface area contributed by atoms with Crippen molar-refractivity contribution in [2.45, 2.75) is 52.2 Å². The minimum Gasteiger partial charge on any atom is -0.444 e. The lowest BCUT2D eigenvalue weighted by Gasteiger charge is -2.32. The molecule has 5 nitrogen and oxygen atoms in total. The zero-order chi connectivity index (χ0) is 15.5. The highest BCUT2D eigenvalue weighted by Crippen LogP contribution is 2.26. The molecule has 2 bridgehead atoms. The van der Waals surface area contributed by atoms with Crippen molar-refractivity contribution in [2.75, 3.05) is 39.3 Å². The molecule has 2 rings (SSSR count). The van der Waals surface area contributed by atoms with Crippen LogP contribution in [0.25, 0.3) is 0 Å². The highest BCUT2D eigenvalue weighted by molar-refractivity contribution is 5.68. The monoisotopic (exact) mass is 297 g/mol. The van der Waals surface area contributed by atoms with Gasteiger partial charge in [-0.05, 0) is 59.5 Å². The summed E-state index contributed by atoms with van der Waals surface area (Å²) in [5, 5.41) is 3.66. The van der Waals surface area contributed by atoms with Gasteiger partial charge in [0.15, 0.2) is 0 Å². The van der Waals surface area contributed by atoms with Gasteiger partial charge in [0.05, 0.1) is 0 Å². The summed E-state index contributed by atoms with van der Waals surface area (Å²) >= 11 is 0. The molecule has 3 unspecified atom stereocenters. The Kier molecular flexibility index (Phi) is 5.49. The number of fused-ring (bicyclic) bond motifs is 2. The Bertz CT molecular complexity index is 354. The lowest BCUT2D eigenvalue weighted by molar-refractivity contribution is 0.0259. The highest BCUT2D eigenvalue weighted by atomic mass is 16.6. The Labute approximate surface area is 129 Å². The van der Waals surface area contributed by atoms with Crippen molar-refractivity contribution in [3.8, 4) is 0 Å². The zero-order valence-corrected chi connectivity index (χ0v) is 14.0. The number of nitrogens with one attached hydrogen (secondary N) is 1. The predicted octanol–water partition coefficient (Wildman–Crippen LogP) is 1.93. The molecule has 2 aliphatic rings. The molecule has 0 spiro atoms. The fourth-order valence-electron chi connectivity index (χ4n) is 3.31. The Morgan fingerprint density at radius 1 is 1.33 bits per heavy atom. The van der Waals surface area contributed by atoms with Gasteiger partial charge in [-0.15, -0.1) is 0 Å². The molecule has 0 aromatic carbocycles. The second-order valence-corrected chi connectivity index (χ2v) is 7.26. The van der Waals surface area contributed by atoms with Crippen LogP contribution < -0.4 is 5.32 Å². The Hall–Kier alpha value is -0.810. The summed E-state index contributed by atoms with van der Waals surface area (Å²) in [4.78, 5) is 16.4. The van der Waals surface area contributed by atoms with Crippen molar-refractivity contribution >= 4 is 6.09 Å². The first-order valence-electron chi connectivity index (χ1n) is 8.32. The standard InChI is InChI=1S/C16H31N3O2/c1-5-19(15(20)21-16(2,3)4)11-8-17-14-7-10-18-9-6-13(14)12-18/h13-14,17H,5-12H2,1-4H3. The summed E-state index contributed by atoms with van der Waals surface area (Å²) in [6.45, 7) is 13.7. The lowest BCUT2D eigenvalue weighted by atomic mass is 9.94. The van der Waals surface area contributed by atoms with Crippen LogP contribution in [0.2, 0.25) is 0 Å². The average Bonchev–Trinajstić information content (AvgIpc) is 2.77. The van der Waals surface area contributed by atoms with Gasteiger partial charge in [-0.3, -0.25) is 0 Å². The number of hydrogen-bond donors (Lipinski definition) is 1. The smallest absolute Gasteiger partial charge is 0.410 e. The van der Waals surface area contributed by atoms with Gasteiger partial charge in [-0.25, -0.2) is 4.79 Å². The minimum absolute atomic E-state index is 0.206. The van der Waals surface area contributed by atoms with E-state index in [2.05, 4.69) is 10.2 Å². The molecule has 0 aliphatic carbocycles. The number of nitrogens with zero attached hydrogens (tertiary/aromatic N) is 2. The van der Waals surface area contributed by atoms with Crippen molar-refractivity contribution in [1.82, 2.24) is 15.1 Å². The van der Waals surface area contributed by atoms with Gasteiger partial charge in [-0.1, -0.05) is 0 Å². The van der Waals surface area contributed by atoms with Crippen LogP contribution in [0.3, 0.4) is 0 Å². The molecule has 2 saturated heterocycles. The molecule has 2 heterocycles. The van der Waals surface area contributed by atoms with Crippen molar-refractivity contribution in [1.29, 1.82) is 0 Å². The van der Waals surface area contributed by atoms with Crippen LogP contribution in [-0.2, 0) is 4.74 Å². The van der Waals surface area contributed by atoms with Crippen LogP contribution in [0.15, 0.2) is 0 Å². The molecule has 2 aliphatic heterocycles. The highest BCUT2D eigenvalue weighted by Gasteiger charge is 2.33. The van der Waals surface area contributed by atoms with E-state index in [1.54, 1.807) is 4.90 Å². The topological polar surface area (TPSA) is 44.8 Å². The summed E-state index contributed by atoms with van der Waals surface area (Å²) in [7, 11) is 0. The molecule has 0 radical (unpaired) electrons. The first-order chi connectivity index (χ1) is 9.89. The first kappa shape index (κ1) is 16.6. The van der Waals surface area contributed by atoms with Crippen LogP contribution in [-0.4, -0.2) is 66.8 Å². The third kappa shape index (κ3) is 4.85. The number of rotatable bonds is 5. The van der Waals surface area contributed by atoms with Crippen LogP contribution in [0.1, 0.15) is 40.5 Å². The SMILES string of the molecule is CCN(CCNC1CCN2CCC1C2)C(=O)OC(C)(C)C. The number of likely N-dealkylation sites (N-methyl/N-ethyl adjacent to an activating group) is 1. The van der Waals surface area contributed by atoms with E-state index in [0.717, 1.165) is 19.0 Å². The van der Waals surface area contributed by atoms with Gasteiger partial charge in [0, 0.05) is 32.2 Å². The molecule has 0 aromatic heterocycles. The van der Waals surface area contributed by atoms with E-state index in [9.17, 15) is 4.79 Å². The van der Waals surface area contributed by atoms with E-state index in [1.165, 1.54) is 32.5 Å². The minimum atomic E-state index is -0.422. The van der Waals surface area contributed by atoms with Gasteiger partial charge >= 0.3 is 6.09 Å². The van der Waals surface area contributed by atoms with E-state index < -0.39 is 5.60 Å². The van der Waals surface area contributed by atoms with E-state index in [4.69, 9.17) is 4.74 Å². The fraction of sp³-hybridized carbons (Fsp3) is 0.938. The fourth-order valence-corrected chi connectivity index (χ4v) is 3.31. The van der Waals surface area contributed by atoms with Gasteiger partial charge in [0.1, 0.15) is 5.60 Å². The molecule has 2 fully saturated rings. The second kappa shape index (κ2) is 6.97.